The lowest BCUT2D eigenvalue weighted by Gasteiger charge is -2.27. The van der Waals surface area contributed by atoms with Crippen LogP contribution in [0.2, 0.25) is 0 Å². The summed E-state index contributed by atoms with van der Waals surface area (Å²) in [6.07, 6.45) is 1.68. The van der Waals surface area contributed by atoms with Crippen molar-refractivity contribution in [2.24, 2.45) is 0 Å². The van der Waals surface area contributed by atoms with Gasteiger partial charge in [-0.15, -0.1) is 0 Å². The SMILES string of the molecule is COc1ccc(C2c3c(C)nn(-c4ccccc4)c3Oc3ncn(Cc4ccccc4)c(=N)c32)cc1. The summed E-state index contributed by atoms with van der Waals surface area (Å²) >= 11 is 0. The Morgan fingerprint density at radius 2 is 1.61 bits per heavy atom. The number of hydrogen-bond acceptors (Lipinski definition) is 5. The number of aromatic nitrogens is 4. The lowest BCUT2D eigenvalue weighted by Crippen LogP contribution is -2.30. The van der Waals surface area contributed by atoms with E-state index in [-0.39, 0.29) is 5.92 Å². The Hall–Kier alpha value is -4.65. The number of nitrogens with one attached hydrogen (secondary N) is 1. The summed E-state index contributed by atoms with van der Waals surface area (Å²) in [5.74, 6) is 1.56. The molecule has 6 rings (SSSR count). The van der Waals surface area contributed by atoms with Crippen molar-refractivity contribution in [1.29, 1.82) is 5.41 Å². The molecule has 1 atom stereocenters. The van der Waals surface area contributed by atoms with Gasteiger partial charge in [0.05, 0.1) is 42.1 Å². The molecule has 36 heavy (non-hydrogen) atoms. The molecule has 0 spiro atoms. The molecule has 178 valence electrons. The van der Waals surface area contributed by atoms with E-state index < -0.39 is 0 Å². The highest BCUT2D eigenvalue weighted by atomic mass is 16.5. The molecule has 0 amide bonds. The van der Waals surface area contributed by atoms with Gasteiger partial charge in [-0.05, 0) is 42.3 Å². The number of para-hydroxylation sites is 1. The number of fused-ring (bicyclic) bond motifs is 2. The van der Waals surface area contributed by atoms with Crippen molar-refractivity contribution in [3.63, 3.8) is 0 Å². The number of methoxy groups -OCH3 is 1. The average molecular weight is 476 g/mol. The Kier molecular flexibility index (Phi) is 5.37. The molecule has 2 aromatic heterocycles. The molecular weight excluding hydrogens is 450 g/mol. The third kappa shape index (κ3) is 3.65. The van der Waals surface area contributed by atoms with Gasteiger partial charge in [-0.3, -0.25) is 5.41 Å². The molecule has 7 heteroatoms. The van der Waals surface area contributed by atoms with Crippen LogP contribution in [-0.2, 0) is 6.54 Å². The zero-order valence-electron chi connectivity index (χ0n) is 20.1. The first-order valence-electron chi connectivity index (χ1n) is 11.8. The molecule has 0 aliphatic carbocycles. The number of rotatable bonds is 5. The number of benzene rings is 3. The van der Waals surface area contributed by atoms with Crippen molar-refractivity contribution >= 4 is 0 Å². The van der Waals surface area contributed by atoms with Crippen LogP contribution in [0.3, 0.4) is 0 Å². The first-order chi connectivity index (χ1) is 17.6. The van der Waals surface area contributed by atoms with Crippen LogP contribution < -0.4 is 15.0 Å². The van der Waals surface area contributed by atoms with Crippen molar-refractivity contribution in [3.8, 4) is 23.2 Å². The van der Waals surface area contributed by atoms with Crippen molar-refractivity contribution < 1.29 is 9.47 Å². The van der Waals surface area contributed by atoms with Crippen LogP contribution in [0.5, 0.6) is 17.5 Å². The second-order valence-corrected chi connectivity index (χ2v) is 8.79. The molecule has 1 aliphatic rings. The summed E-state index contributed by atoms with van der Waals surface area (Å²) < 4.78 is 15.5. The summed E-state index contributed by atoms with van der Waals surface area (Å²) in [4.78, 5) is 4.68. The van der Waals surface area contributed by atoms with Gasteiger partial charge >= 0.3 is 0 Å². The number of nitrogens with zero attached hydrogens (tertiary/aromatic N) is 4. The van der Waals surface area contributed by atoms with Gasteiger partial charge in [-0.25, -0.2) is 9.67 Å². The van der Waals surface area contributed by atoms with Crippen molar-refractivity contribution in [3.05, 3.63) is 125 Å². The van der Waals surface area contributed by atoms with Crippen molar-refractivity contribution in [2.45, 2.75) is 19.4 Å². The maximum Gasteiger partial charge on any atom is 0.230 e. The van der Waals surface area contributed by atoms with E-state index in [1.165, 1.54) is 0 Å². The topological polar surface area (TPSA) is 78.0 Å². The quantitative estimate of drug-likeness (QED) is 0.372. The van der Waals surface area contributed by atoms with Crippen LogP contribution >= 0.6 is 0 Å². The molecule has 0 saturated heterocycles. The summed E-state index contributed by atoms with van der Waals surface area (Å²) in [6, 6.07) is 28.0. The lowest BCUT2D eigenvalue weighted by molar-refractivity contribution is 0.395. The molecule has 0 bridgehead atoms. The van der Waals surface area contributed by atoms with E-state index in [9.17, 15) is 5.41 Å². The number of ether oxygens (including phenoxy) is 2. The van der Waals surface area contributed by atoms with Crippen molar-refractivity contribution in [2.75, 3.05) is 7.11 Å². The molecule has 0 fully saturated rings. The fourth-order valence-electron chi connectivity index (χ4n) is 4.81. The summed E-state index contributed by atoms with van der Waals surface area (Å²) in [6.45, 7) is 2.53. The second-order valence-electron chi connectivity index (χ2n) is 8.79. The van der Waals surface area contributed by atoms with Crippen LogP contribution in [-0.4, -0.2) is 26.4 Å². The summed E-state index contributed by atoms with van der Waals surface area (Å²) in [7, 11) is 1.66. The Bertz CT molecular complexity index is 1590. The highest BCUT2D eigenvalue weighted by Crippen LogP contribution is 2.47. The lowest BCUT2D eigenvalue weighted by atomic mass is 9.84. The van der Waals surface area contributed by atoms with Gasteiger partial charge in [0.1, 0.15) is 17.6 Å². The normalized spacial score (nSPS) is 14.0. The van der Waals surface area contributed by atoms with Gasteiger partial charge < -0.3 is 14.0 Å². The van der Waals surface area contributed by atoms with Gasteiger partial charge in [0, 0.05) is 0 Å². The molecule has 7 nitrogen and oxygen atoms in total. The third-order valence-corrected chi connectivity index (χ3v) is 6.57. The van der Waals surface area contributed by atoms with E-state index in [4.69, 9.17) is 14.6 Å². The third-order valence-electron chi connectivity index (χ3n) is 6.57. The molecule has 1 N–H and O–H groups in total. The first-order valence-corrected chi connectivity index (χ1v) is 11.8. The van der Waals surface area contributed by atoms with E-state index in [0.717, 1.165) is 39.4 Å². The van der Waals surface area contributed by atoms with Gasteiger partial charge in [-0.1, -0.05) is 60.7 Å². The smallest absolute Gasteiger partial charge is 0.230 e. The van der Waals surface area contributed by atoms with E-state index in [1.54, 1.807) is 13.4 Å². The zero-order valence-corrected chi connectivity index (χ0v) is 20.1. The molecule has 5 aromatic rings. The summed E-state index contributed by atoms with van der Waals surface area (Å²) in [5, 5.41) is 14.1. The molecular formula is C29H25N5O2. The fraction of sp³-hybridized carbons (Fsp3) is 0.138. The summed E-state index contributed by atoms with van der Waals surface area (Å²) in [5.41, 5.74) is 5.89. The van der Waals surface area contributed by atoms with Crippen molar-refractivity contribution in [1.82, 2.24) is 19.3 Å². The molecule has 1 unspecified atom stereocenters. The van der Waals surface area contributed by atoms with Crippen LogP contribution in [0.15, 0.2) is 91.3 Å². The Balaban J connectivity index is 1.55. The zero-order chi connectivity index (χ0) is 24.6. The van der Waals surface area contributed by atoms with Crippen LogP contribution in [0.1, 0.15) is 33.9 Å². The first kappa shape index (κ1) is 21.9. The molecule has 0 saturated carbocycles. The predicted octanol–water partition coefficient (Wildman–Crippen LogP) is 5.20. The van der Waals surface area contributed by atoms with Gasteiger partial charge in [-0.2, -0.15) is 5.10 Å². The monoisotopic (exact) mass is 475 g/mol. The highest BCUT2D eigenvalue weighted by molar-refractivity contribution is 5.57. The van der Waals surface area contributed by atoms with E-state index in [1.807, 2.05) is 89.0 Å². The highest BCUT2D eigenvalue weighted by Gasteiger charge is 2.37. The van der Waals surface area contributed by atoms with Crippen LogP contribution in [0.25, 0.3) is 5.69 Å². The standard InChI is InChI=1S/C29H25N5O2/c1-19-24-25(21-13-15-23(35-2)16-14-21)26-27(30)33(17-20-9-5-3-6-10-20)18-31-28(26)36-29(24)34(32-19)22-11-7-4-8-12-22/h3-16,18,25,30H,17H2,1-2H3. The minimum Gasteiger partial charge on any atom is -0.497 e. The average Bonchev–Trinajstić information content (AvgIpc) is 3.26. The predicted molar refractivity (Wildman–Crippen MR) is 136 cm³/mol. The molecule has 1 aliphatic heterocycles. The Labute approximate surface area is 208 Å². The van der Waals surface area contributed by atoms with E-state index in [0.29, 0.717) is 23.8 Å². The Morgan fingerprint density at radius 3 is 2.31 bits per heavy atom. The minimum absolute atomic E-state index is 0.268. The fourth-order valence-corrected chi connectivity index (χ4v) is 4.81. The molecule has 3 aromatic carbocycles. The van der Waals surface area contributed by atoms with Gasteiger partial charge in [0.2, 0.25) is 11.8 Å². The maximum absolute atomic E-state index is 9.21. The van der Waals surface area contributed by atoms with E-state index >= 15 is 0 Å². The second kappa shape index (κ2) is 8.85. The number of hydrogen-bond donors (Lipinski definition) is 1. The largest absolute Gasteiger partial charge is 0.497 e. The van der Waals surface area contributed by atoms with E-state index in [2.05, 4.69) is 17.1 Å². The molecule has 3 heterocycles. The Morgan fingerprint density at radius 1 is 0.917 bits per heavy atom. The minimum atomic E-state index is -0.268. The molecule has 0 radical (unpaired) electrons. The maximum atomic E-state index is 9.21. The van der Waals surface area contributed by atoms with Gasteiger partial charge in [0.25, 0.3) is 0 Å². The van der Waals surface area contributed by atoms with Gasteiger partial charge in [0.15, 0.2) is 0 Å². The number of aryl methyl sites for hydroxylation is 1. The van der Waals surface area contributed by atoms with Crippen LogP contribution in [0, 0.1) is 12.3 Å². The van der Waals surface area contributed by atoms with Crippen LogP contribution in [0.4, 0.5) is 0 Å².